The smallest absolute Gasteiger partial charge is 0.243 e. The van der Waals surface area contributed by atoms with Crippen LogP contribution in [-0.2, 0) is 75.2 Å². The largest absolute Gasteiger partial charge is 0.370 e. The number of unbranched alkanes of at least 4 members (excludes halogenated alkanes) is 2. The lowest BCUT2D eigenvalue weighted by molar-refractivity contribution is -0.137. The van der Waals surface area contributed by atoms with E-state index < -0.39 is 156 Å². The van der Waals surface area contributed by atoms with Gasteiger partial charge in [-0.25, -0.2) is 0 Å². The number of benzene rings is 2. The van der Waals surface area contributed by atoms with Crippen molar-refractivity contribution in [1.29, 1.82) is 0 Å². The van der Waals surface area contributed by atoms with Crippen molar-refractivity contribution < 1.29 is 62.3 Å². The topological polar surface area (TPSA) is 563 Å². The van der Waals surface area contributed by atoms with Gasteiger partial charge in [-0.05, 0) is 119 Å². The number of guanidine groups is 1. The van der Waals surface area contributed by atoms with Crippen LogP contribution in [0.1, 0.15) is 156 Å². The highest BCUT2D eigenvalue weighted by molar-refractivity contribution is 6.00. The minimum absolute atomic E-state index is 0.000930. The molecule has 100 heavy (non-hydrogen) atoms. The highest BCUT2D eigenvalue weighted by Crippen LogP contribution is 2.16. The van der Waals surface area contributed by atoms with Crippen molar-refractivity contribution in [2.45, 2.75) is 225 Å². The summed E-state index contributed by atoms with van der Waals surface area (Å²) in [6.45, 7) is 14.6. The summed E-state index contributed by atoms with van der Waals surface area (Å²) in [5.74, 6) is -12.7. The summed E-state index contributed by atoms with van der Waals surface area (Å²) in [6.07, 6.45) is 0.517. The van der Waals surface area contributed by atoms with Crippen molar-refractivity contribution in [3.8, 4) is 0 Å². The average Bonchev–Trinajstić information content (AvgIpc) is 0.852. The molecule has 0 aliphatic heterocycles. The van der Waals surface area contributed by atoms with Gasteiger partial charge in [-0.3, -0.25) is 67.3 Å². The Balaban J connectivity index is 2.56. The van der Waals surface area contributed by atoms with E-state index in [1.54, 1.807) is 116 Å². The van der Waals surface area contributed by atoms with E-state index in [1.807, 2.05) is 0 Å². The number of aliphatic imine (C=N–C) groups is 1. The Labute approximate surface area is 586 Å². The van der Waals surface area contributed by atoms with Crippen molar-refractivity contribution in [3.63, 3.8) is 0 Å². The SMILES string of the molecule is CC[C@H](C)[C@H](NC(=O)[C@H](CCCCN)NC(=O)[C@H](CC(C)C)NC(=O)[C@H](CC(C)C)NC(=O)[C@H](CCC(N)=O)NC(=O)[C@H](CCCCN)NC(=O)[C@@H](N)C(C)C)C(=O)N[C@@H](Cc1ccccc1)C(=O)N[C@@H](CC(N)=O)C(=O)N[C@@H](CCCN=C(N)N)C(=O)N[C@@H](Cc1ccccc1)C(N)=O. The second-order valence-corrected chi connectivity index (χ2v) is 26.4. The van der Waals surface area contributed by atoms with E-state index in [1.165, 1.54) is 0 Å². The molecule has 0 aliphatic rings. The Morgan fingerprint density at radius 2 is 0.760 bits per heavy atom. The molecule has 0 bridgehead atoms. The van der Waals surface area contributed by atoms with E-state index in [0.29, 0.717) is 49.8 Å². The molecular weight excluding hydrogens is 1290 g/mol. The van der Waals surface area contributed by atoms with Crippen molar-refractivity contribution in [1.82, 2.24) is 53.2 Å². The van der Waals surface area contributed by atoms with Crippen LogP contribution in [0.4, 0.5) is 0 Å². The highest BCUT2D eigenvalue weighted by atomic mass is 16.2. The molecule has 2 rings (SSSR count). The second-order valence-electron chi connectivity index (χ2n) is 26.4. The molecule has 2 aromatic rings. The van der Waals surface area contributed by atoms with Gasteiger partial charge in [0.25, 0.3) is 0 Å². The minimum Gasteiger partial charge on any atom is -0.370 e. The first-order valence-electron chi connectivity index (χ1n) is 34.4. The Kier molecular flexibility index (Phi) is 40.0. The lowest BCUT2D eigenvalue weighted by Gasteiger charge is -2.30. The molecule has 0 aromatic heterocycles. The molecular formula is C68H113N19O13. The maximum absolute atomic E-state index is 14.8. The molecule has 0 spiro atoms. The molecule has 558 valence electrons. The zero-order valence-corrected chi connectivity index (χ0v) is 59.2. The Morgan fingerprint density at radius 1 is 0.400 bits per heavy atom. The number of primary amides is 3. The van der Waals surface area contributed by atoms with Crippen LogP contribution >= 0.6 is 0 Å². The first-order valence-corrected chi connectivity index (χ1v) is 34.4. The van der Waals surface area contributed by atoms with Gasteiger partial charge in [-0.1, -0.05) is 122 Å². The van der Waals surface area contributed by atoms with E-state index in [2.05, 4.69) is 58.2 Å². The standard InChI is InChI=1S/C68H113N19O13/c1-9-41(8)56(67(100)86-51(36-43-23-14-11-15-24-43)64(97)85-52(37-54(72)89)65(98)79-46(27-20-32-77-68(75)76)59(92)82-48(57(74)90)35-42-21-12-10-13-22-42)87-61(94)45(26-17-19-31-70)78-62(95)49(33-38(2)3)84-63(96)50(34-39(4)5)83-60(93)47(28-29-53(71)88)80-58(91)44(25-16-18-30-69)81-66(99)55(73)40(6)7/h10-15,21-24,38-41,44-52,55-56H,9,16-20,25-37,69-70,73H2,1-8H3,(H2,71,88)(H2,72,89)(H2,74,90)(H,78,95)(H,79,98)(H,80,91)(H,81,99)(H,82,92)(H,83,93)(H,84,96)(H,85,97)(H,86,100)(H,87,94)(H4,75,76,77)/t41-,44-,45-,46-,47-,48-,49-,50-,51-,52-,55-,56-/m0/s1. The third kappa shape index (κ3) is 33.5. The quantitative estimate of drug-likeness (QED) is 0.0183. The first-order chi connectivity index (χ1) is 47.2. The summed E-state index contributed by atoms with van der Waals surface area (Å²) < 4.78 is 0. The molecule has 32 nitrogen and oxygen atoms in total. The number of amides is 13. The van der Waals surface area contributed by atoms with Gasteiger partial charge >= 0.3 is 0 Å². The van der Waals surface area contributed by atoms with E-state index in [4.69, 9.17) is 45.9 Å². The molecule has 0 aliphatic carbocycles. The van der Waals surface area contributed by atoms with Gasteiger partial charge in [0.15, 0.2) is 5.96 Å². The van der Waals surface area contributed by atoms with E-state index in [-0.39, 0.29) is 101 Å². The predicted molar refractivity (Wildman–Crippen MR) is 378 cm³/mol. The molecule has 13 amide bonds. The van der Waals surface area contributed by atoms with Crippen molar-refractivity contribution in [2.24, 2.45) is 74.5 Å². The number of nitrogens with one attached hydrogen (secondary N) is 10. The molecule has 0 saturated carbocycles. The Bertz CT molecular complexity index is 3010. The lowest BCUT2D eigenvalue weighted by Crippen LogP contribution is -2.62. The van der Waals surface area contributed by atoms with Crippen molar-refractivity contribution in [2.75, 3.05) is 19.6 Å². The monoisotopic (exact) mass is 1400 g/mol. The summed E-state index contributed by atoms with van der Waals surface area (Å²) in [6, 6.07) is 2.24. The second kappa shape index (κ2) is 46.1. The van der Waals surface area contributed by atoms with Crippen LogP contribution in [0.2, 0.25) is 0 Å². The zero-order chi connectivity index (χ0) is 75.2. The third-order valence-corrected chi connectivity index (χ3v) is 16.4. The number of nitrogens with zero attached hydrogens (tertiary/aromatic N) is 1. The van der Waals surface area contributed by atoms with Crippen molar-refractivity contribution >= 4 is 82.8 Å². The molecule has 0 heterocycles. The lowest BCUT2D eigenvalue weighted by atomic mass is 9.96. The van der Waals surface area contributed by atoms with Crippen LogP contribution in [0.3, 0.4) is 0 Å². The number of rotatable bonds is 49. The Morgan fingerprint density at radius 3 is 1.16 bits per heavy atom. The fourth-order valence-electron chi connectivity index (χ4n) is 10.5. The van der Waals surface area contributed by atoms with Crippen LogP contribution < -0.4 is 99.0 Å². The molecule has 0 fully saturated rings. The summed E-state index contributed by atoms with van der Waals surface area (Å²) in [7, 11) is 0. The third-order valence-electron chi connectivity index (χ3n) is 16.4. The minimum atomic E-state index is -1.75. The van der Waals surface area contributed by atoms with Crippen LogP contribution in [0.25, 0.3) is 0 Å². The zero-order valence-electron chi connectivity index (χ0n) is 59.2. The summed E-state index contributed by atoms with van der Waals surface area (Å²) in [5, 5.41) is 26.6. The van der Waals surface area contributed by atoms with Gasteiger partial charge in [0.1, 0.15) is 60.4 Å². The number of carbonyl (C=O) groups is 13. The molecule has 0 saturated heterocycles. The fourth-order valence-corrected chi connectivity index (χ4v) is 10.5. The number of carbonyl (C=O) groups excluding carboxylic acids is 13. The number of nitrogens with two attached hydrogens (primary N) is 8. The first kappa shape index (κ1) is 86.8. The van der Waals surface area contributed by atoms with E-state index in [0.717, 1.165) is 0 Å². The van der Waals surface area contributed by atoms with Gasteiger partial charge in [-0.2, -0.15) is 0 Å². The molecule has 12 atom stereocenters. The van der Waals surface area contributed by atoms with Gasteiger partial charge in [0.2, 0.25) is 76.8 Å². The maximum Gasteiger partial charge on any atom is 0.243 e. The van der Waals surface area contributed by atoms with Crippen LogP contribution in [0.15, 0.2) is 65.7 Å². The molecule has 2 aromatic carbocycles. The average molecular weight is 1400 g/mol. The summed E-state index contributed by atoms with van der Waals surface area (Å²) in [5.41, 5.74) is 46.7. The predicted octanol–water partition coefficient (Wildman–Crippen LogP) is -2.62. The highest BCUT2D eigenvalue weighted by Gasteiger charge is 2.38. The molecule has 26 N–H and O–H groups in total. The van der Waals surface area contributed by atoms with Gasteiger partial charge in [0.05, 0.1) is 12.5 Å². The van der Waals surface area contributed by atoms with Crippen LogP contribution in [0.5, 0.6) is 0 Å². The Hall–Kier alpha value is -9.30. The fraction of sp³-hybridized carbons (Fsp3) is 0.618. The van der Waals surface area contributed by atoms with Crippen LogP contribution in [-0.4, -0.2) is 169 Å². The van der Waals surface area contributed by atoms with E-state index >= 15 is 0 Å². The van der Waals surface area contributed by atoms with Crippen molar-refractivity contribution in [3.05, 3.63) is 71.8 Å². The number of hydrogen-bond donors (Lipinski definition) is 18. The number of hydrogen-bond acceptors (Lipinski definition) is 17. The van der Waals surface area contributed by atoms with Gasteiger partial charge in [-0.15, -0.1) is 0 Å². The van der Waals surface area contributed by atoms with Gasteiger partial charge in [0, 0.05) is 25.8 Å². The molecule has 0 unspecified atom stereocenters. The normalized spacial score (nSPS) is 14.8. The molecule has 32 heteroatoms. The van der Waals surface area contributed by atoms with Gasteiger partial charge < -0.3 is 99.0 Å². The summed E-state index contributed by atoms with van der Waals surface area (Å²) >= 11 is 0. The maximum atomic E-state index is 14.8. The van der Waals surface area contributed by atoms with Crippen LogP contribution in [0, 0.1) is 23.7 Å². The molecule has 0 radical (unpaired) electrons. The van der Waals surface area contributed by atoms with E-state index in [9.17, 15) is 62.3 Å². The summed E-state index contributed by atoms with van der Waals surface area (Å²) in [4.78, 5) is 184.